The molecule has 3 heterocycles. The standard InChI is InChI=1S/C22H21FN2O2/c1-22(7-2-8-24-22)14-5-3-13(4-6-14)21-17-11-27-12-19(26)16-9-15(23)10-18(25-21)20(16)17/h3-6,9-10,24-25H,2,7-8,11-12H2,1H3/t22-/m1/s1. The maximum absolute atomic E-state index is 14.0. The molecule has 0 amide bonds. The predicted molar refractivity (Wildman–Crippen MR) is 102 cm³/mol. The van der Waals surface area contributed by atoms with Gasteiger partial charge in [0.25, 0.3) is 0 Å². The number of benzene rings is 2. The fraction of sp³-hybridized carbons (Fsp3) is 0.318. The largest absolute Gasteiger partial charge is 0.369 e. The lowest BCUT2D eigenvalue weighted by atomic mass is 9.89. The average molecular weight is 364 g/mol. The number of carbonyl (C=O) groups excluding carboxylic acids is 1. The number of halogens is 1. The molecule has 1 fully saturated rings. The Bertz CT molecular complexity index is 1050. The fourth-order valence-electron chi connectivity index (χ4n) is 4.45. The highest BCUT2D eigenvalue weighted by atomic mass is 19.1. The minimum absolute atomic E-state index is 0.0182. The van der Waals surface area contributed by atoms with Gasteiger partial charge in [-0.2, -0.15) is 0 Å². The molecule has 138 valence electrons. The number of hydrogen-bond donors (Lipinski definition) is 2. The van der Waals surface area contributed by atoms with E-state index in [1.165, 1.54) is 24.1 Å². The summed E-state index contributed by atoms with van der Waals surface area (Å²) in [6.45, 7) is 3.60. The molecule has 0 aliphatic carbocycles. The van der Waals surface area contributed by atoms with Gasteiger partial charge in [0.05, 0.1) is 12.3 Å². The van der Waals surface area contributed by atoms with Crippen molar-refractivity contribution >= 4 is 16.7 Å². The van der Waals surface area contributed by atoms with E-state index in [2.05, 4.69) is 41.5 Å². The molecule has 4 nitrogen and oxygen atoms in total. The fourth-order valence-corrected chi connectivity index (χ4v) is 4.45. The summed E-state index contributed by atoms with van der Waals surface area (Å²) in [6, 6.07) is 11.2. The molecule has 2 N–H and O–H groups in total. The Hall–Kier alpha value is -2.50. The predicted octanol–water partition coefficient (Wildman–Crippen LogP) is 4.29. The number of ketones is 1. The summed E-state index contributed by atoms with van der Waals surface area (Å²) >= 11 is 0. The second kappa shape index (κ2) is 6.01. The lowest BCUT2D eigenvalue weighted by Gasteiger charge is -2.25. The van der Waals surface area contributed by atoms with Crippen LogP contribution < -0.4 is 5.32 Å². The minimum atomic E-state index is -0.414. The molecule has 3 aromatic rings. The lowest BCUT2D eigenvalue weighted by Crippen LogP contribution is -2.32. The number of Topliss-reactive ketones (excluding diaryl/α,β-unsaturated/α-hetero) is 1. The van der Waals surface area contributed by atoms with E-state index in [0.29, 0.717) is 17.7 Å². The van der Waals surface area contributed by atoms with Crippen LogP contribution in [0.1, 0.15) is 41.3 Å². The molecule has 0 radical (unpaired) electrons. The molecule has 0 unspecified atom stereocenters. The van der Waals surface area contributed by atoms with Crippen LogP contribution in [0.2, 0.25) is 0 Å². The van der Waals surface area contributed by atoms with Gasteiger partial charge in [-0.05, 0) is 49.6 Å². The van der Waals surface area contributed by atoms with Gasteiger partial charge in [0.1, 0.15) is 12.4 Å². The number of ether oxygens (including phenoxy) is 1. The van der Waals surface area contributed by atoms with Gasteiger partial charge in [-0.15, -0.1) is 0 Å². The van der Waals surface area contributed by atoms with Gasteiger partial charge >= 0.3 is 0 Å². The summed E-state index contributed by atoms with van der Waals surface area (Å²) in [5, 5.41) is 4.36. The van der Waals surface area contributed by atoms with E-state index in [0.717, 1.165) is 35.2 Å². The van der Waals surface area contributed by atoms with Crippen molar-refractivity contribution in [2.75, 3.05) is 13.2 Å². The first kappa shape index (κ1) is 16.7. The van der Waals surface area contributed by atoms with E-state index in [1.54, 1.807) is 0 Å². The van der Waals surface area contributed by atoms with Crippen LogP contribution in [0.4, 0.5) is 4.39 Å². The number of hydrogen-bond acceptors (Lipinski definition) is 3. The number of aromatic nitrogens is 1. The third-order valence-electron chi connectivity index (χ3n) is 5.93. The van der Waals surface area contributed by atoms with Crippen LogP contribution in [0.15, 0.2) is 36.4 Å². The molecule has 5 heteroatoms. The quantitative estimate of drug-likeness (QED) is 0.713. The van der Waals surface area contributed by atoms with Crippen LogP contribution in [0.5, 0.6) is 0 Å². The average Bonchev–Trinajstić information content (AvgIpc) is 3.21. The summed E-state index contributed by atoms with van der Waals surface area (Å²) < 4.78 is 19.6. The van der Waals surface area contributed by atoms with Crippen LogP contribution in [0.3, 0.4) is 0 Å². The minimum Gasteiger partial charge on any atom is -0.369 e. The first-order valence-electron chi connectivity index (χ1n) is 9.36. The third-order valence-corrected chi connectivity index (χ3v) is 5.93. The van der Waals surface area contributed by atoms with Gasteiger partial charge in [-0.25, -0.2) is 4.39 Å². The highest BCUT2D eigenvalue weighted by Gasteiger charge is 2.30. The van der Waals surface area contributed by atoms with Crippen LogP contribution >= 0.6 is 0 Å². The number of aromatic amines is 1. The molecule has 5 rings (SSSR count). The van der Waals surface area contributed by atoms with E-state index in [4.69, 9.17) is 4.74 Å². The van der Waals surface area contributed by atoms with Gasteiger partial charge in [0, 0.05) is 27.6 Å². The van der Waals surface area contributed by atoms with Gasteiger partial charge in [-0.3, -0.25) is 4.79 Å². The molecule has 0 saturated carbocycles. The zero-order valence-electron chi connectivity index (χ0n) is 15.2. The van der Waals surface area contributed by atoms with Crippen LogP contribution in [0, 0.1) is 5.82 Å². The van der Waals surface area contributed by atoms with Crippen molar-refractivity contribution in [3.63, 3.8) is 0 Å². The second-order valence-electron chi connectivity index (χ2n) is 7.71. The molecule has 0 spiro atoms. The van der Waals surface area contributed by atoms with E-state index in [9.17, 15) is 9.18 Å². The summed E-state index contributed by atoms with van der Waals surface area (Å²) in [5.74, 6) is -0.595. The molecule has 0 bridgehead atoms. The first-order chi connectivity index (χ1) is 13.0. The lowest BCUT2D eigenvalue weighted by molar-refractivity contribution is 0.0742. The smallest absolute Gasteiger partial charge is 0.189 e. The zero-order chi connectivity index (χ0) is 18.6. The molecule has 27 heavy (non-hydrogen) atoms. The summed E-state index contributed by atoms with van der Waals surface area (Å²) in [5.41, 5.74) is 5.16. The Morgan fingerprint density at radius 2 is 1.96 bits per heavy atom. The molecule has 1 aromatic heterocycles. The maximum Gasteiger partial charge on any atom is 0.189 e. The van der Waals surface area contributed by atoms with E-state index < -0.39 is 5.82 Å². The van der Waals surface area contributed by atoms with Crippen molar-refractivity contribution < 1.29 is 13.9 Å². The number of H-pyrrole nitrogens is 1. The number of rotatable bonds is 2. The highest BCUT2D eigenvalue weighted by Crippen LogP contribution is 2.37. The first-order valence-corrected chi connectivity index (χ1v) is 9.36. The van der Waals surface area contributed by atoms with Crippen LogP contribution in [-0.4, -0.2) is 23.9 Å². The summed E-state index contributed by atoms with van der Waals surface area (Å²) in [6.07, 6.45) is 2.31. The van der Waals surface area contributed by atoms with Gasteiger partial charge < -0.3 is 15.0 Å². The van der Waals surface area contributed by atoms with Gasteiger partial charge in [0.2, 0.25) is 0 Å². The van der Waals surface area contributed by atoms with E-state index in [-0.39, 0.29) is 17.9 Å². The maximum atomic E-state index is 14.0. The normalized spacial score (nSPS) is 22.4. The molecule has 2 aliphatic heterocycles. The Morgan fingerprint density at radius 1 is 1.15 bits per heavy atom. The van der Waals surface area contributed by atoms with Crippen molar-refractivity contribution in [2.24, 2.45) is 0 Å². The van der Waals surface area contributed by atoms with Gasteiger partial charge in [-0.1, -0.05) is 24.3 Å². The molecule has 2 aliphatic rings. The molecule has 1 saturated heterocycles. The molecular formula is C22H21FN2O2. The topological polar surface area (TPSA) is 54.1 Å². The Balaban J connectivity index is 1.64. The molecule has 2 aromatic carbocycles. The zero-order valence-corrected chi connectivity index (χ0v) is 15.2. The Morgan fingerprint density at radius 3 is 2.70 bits per heavy atom. The number of nitrogens with one attached hydrogen (secondary N) is 2. The van der Waals surface area contributed by atoms with E-state index in [1.807, 2.05) is 0 Å². The van der Waals surface area contributed by atoms with E-state index >= 15 is 0 Å². The summed E-state index contributed by atoms with van der Waals surface area (Å²) in [4.78, 5) is 15.6. The SMILES string of the molecule is C[C@]1(c2ccc(-c3[nH]c4cc(F)cc5c4c3COCC5=O)cc2)CCCN1. The highest BCUT2D eigenvalue weighted by molar-refractivity contribution is 6.11. The van der Waals surface area contributed by atoms with Gasteiger partial charge in [0.15, 0.2) is 5.78 Å². The van der Waals surface area contributed by atoms with Crippen LogP contribution in [-0.2, 0) is 16.9 Å². The van der Waals surface area contributed by atoms with Crippen molar-refractivity contribution in [3.05, 3.63) is 58.9 Å². The third kappa shape index (κ3) is 2.61. The Labute approximate surface area is 156 Å². The monoisotopic (exact) mass is 364 g/mol. The van der Waals surface area contributed by atoms with Crippen molar-refractivity contribution in [1.82, 2.24) is 10.3 Å². The molecule has 1 atom stereocenters. The van der Waals surface area contributed by atoms with Crippen molar-refractivity contribution in [1.29, 1.82) is 0 Å². The Kier molecular flexibility index (Phi) is 3.71. The van der Waals surface area contributed by atoms with Crippen molar-refractivity contribution in [2.45, 2.75) is 31.9 Å². The number of carbonyl (C=O) groups is 1. The van der Waals surface area contributed by atoms with Crippen LogP contribution in [0.25, 0.3) is 22.2 Å². The molecular weight excluding hydrogens is 343 g/mol. The summed E-state index contributed by atoms with van der Waals surface area (Å²) in [7, 11) is 0. The second-order valence-corrected chi connectivity index (χ2v) is 7.71. The van der Waals surface area contributed by atoms with Crippen molar-refractivity contribution in [3.8, 4) is 11.3 Å².